The van der Waals surface area contributed by atoms with Crippen molar-refractivity contribution in [3.8, 4) is 0 Å². The molecule has 2 aromatic rings. The Morgan fingerprint density at radius 1 is 1.39 bits per heavy atom. The number of carbonyl (C=O) groups is 1. The summed E-state index contributed by atoms with van der Waals surface area (Å²) in [4.78, 5) is 14.4. The number of ether oxygens (including phenoxy) is 1. The van der Waals surface area contributed by atoms with Gasteiger partial charge in [-0.05, 0) is 12.0 Å². The highest BCUT2D eigenvalue weighted by Crippen LogP contribution is 2.10. The summed E-state index contributed by atoms with van der Waals surface area (Å²) >= 11 is 0. The van der Waals surface area contributed by atoms with Crippen molar-refractivity contribution in [1.82, 2.24) is 20.4 Å². The molecule has 0 saturated carbocycles. The second-order valence-corrected chi connectivity index (χ2v) is 5.76. The predicted octanol–water partition coefficient (Wildman–Crippen LogP) is 1.43. The van der Waals surface area contributed by atoms with E-state index >= 15 is 0 Å². The van der Waals surface area contributed by atoms with E-state index in [9.17, 15) is 4.79 Å². The standard InChI is InChI=1S/C17H22N4O2/c22-17(15-9-19-20-10-15)18-11-16-13-21(7-4-8-23-16)12-14-5-2-1-3-6-14/h1-3,5-6,9-10,16H,4,7-8,11-13H2,(H,18,22)(H,19,20)/t16-/m1/s1. The van der Waals surface area contributed by atoms with E-state index in [0.29, 0.717) is 12.1 Å². The Balaban J connectivity index is 1.52. The van der Waals surface area contributed by atoms with Crippen LogP contribution in [0.1, 0.15) is 22.3 Å². The van der Waals surface area contributed by atoms with Gasteiger partial charge < -0.3 is 10.1 Å². The molecular weight excluding hydrogens is 292 g/mol. The minimum absolute atomic E-state index is 0.0112. The SMILES string of the molecule is O=C(NC[C@@H]1CN(Cc2ccccc2)CCCO1)c1cn[nH]c1. The van der Waals surface area contributed by atoms with Crippen molar-refractivity contribution in [3.05, 3.63) is 53.9 Å². The highest BCUT2D eigenvalue weighted by atomic mass is 16.5. The van der Waals surface area contributed by atoms with Gasteiger partial charge in [0.1, 0.15) is 0 Å². The lowest BCUT2D eigenvalue weighted by Crippen LogP contribution is -2.39. The molecule has 0 radical (unpaired) electrons. The van der Waals surface area contributed by atoms with Gasteiger partial charge in [0.15, 0.2) is 0 Å². The molecule has 2 heterocycles. The highest BCUT2D eigenvalue weighted by molar-refractivity contribution is 5.93. The van der Waals surface area contributed by atoms with Crippen molar-refractivity contribution in [1.29, 1.82) is 0 Å². The molecular formula is C17H22N4O2. The van der Waals surface area contributed by atoms with Gasteiger partial charge in [0.2, 0.25) is 0 Å². The minimum Gasteiger partial charge on any atom is -0.375 e. The van der Waals surface area contributed by atoms with E-state index in [1.54, 1.807) is 6.20 Å². The number of hydrogen-bond acceptors (Lipinski definition) is 4. The number of rotatable bonds is 5. The molecule has 2 N–H and O–H groups in total. The fourth-order valence-electron chi connectivity index (χ4n) is 2.76. The molecule has 1 atom stereocenters. The Hall–Kier alpha value is -2.18. The number of aromatic nitrogens is 2. The first-order chi connectivity index (χ1) is 11.3. The van der Waals surface area contributed by atoms with Gasteiger partial charge in [-0.1, -0.05) is 30.3 Å². The number of aromatic amines is 1. The summed E-state index contributed by atoms with van der Waals surface area (Å²) in [5.74, 6) is -0.124. The van der Waals surface area contributed by atoms with Crippen molar-refractivity contribution in [2.45, 2.75) is 19.1 Å². The summed E-state index contributed by atoms with van der Waals surface area (Å²) in [6.07, 6.45) is 4.13. The van der Waals surface area contributed by atoms with Crippen LogP contribution >= 0.6 is 0 Å². The Morgan fingerprint density at radius 3 is 3.04 bits per heavy atom. The summed E-state index contributed by atoms with van der Waals surface area (Å²) < 4.78 is 5.86. The molecule has 0 spiro atoms. The molecule has 23 heavy (non-hydrogen) atoms. The van der Waals surface area contributed by atoms with E-state index in [-0.39, 0.29) is 12.0 Å². The monoisotopic (exact) mass is 314 g/mol. The number of nitrogens with one attached hydrogen (secondary N) is 2. The molecule has 1 aromatic carbocycles. The molecule has 1 amide bonds. The molecule has 1 aliphatic heterocycles. The molecule has 6 nitrogen and oxygen atoms in total. The lowest BCUT2D eigenvalue weighted by molar-refractivity contribution is 0.0510. The largest absolute Gasteiger partial charge is 0.375 e. The molecule has 1 fully saturated rings. The Kier molecular flexibility index (Phi) is 5.39. The maximum Gasteiger partial charge on any atom is 0.254 e. The molecule has 1 aliphatic rings. The molecule has 0 bridgehead atoms. The van der Waals surface area contributed by atoms with Crippen LogP contribution in [0.15, 0.2) is 42.7 Å². The number of H-pyrrole nitrogens is 1. The smallest absolute Gasteiger partial charge is 0.254 e. The van der Waals surface area contributed by atoms with Gasteiger partial charge in [-0.2, -0.15) is 5.10 Å². The molecule has 6 heteroatoms. The van der Waals surface area contributed by atoms with Crippen LogP contribution in [0, 0.1) is 0 Å². The molecule has 0 unspecified atom stereocenters. The molecule has 0 aliphatic carbocycles. The third kappa shape index (κ3) is 4.64. The van der Waals surface area contributed by atoms with Crippen LogP contribution in [0.25, 0.3) is 0 Å². The lowest BCUT2D eigenvalue weighted by atomic mass is 10.2. The van der Waals surface area contributed by atoms with Gasteiger partial charge in [0.05, 0.1) is 17.9 Å². The number of carbonyl (C=O) groups excluding carboxylic acids is 1. The summed E-state index contributed by atoms with van der Waals surface area (Å²) in [6.45, 7) is 3.99. The maximum atomic E-state index is 12.0. The second kappa shape index (κ2) is 7.89. The number of hydrogen-bond donors (Lipinski definition) is 2. The molecule has 3 rings (SSSR count). The van der Waals surface area contributed by atoms with Crippen LogP contribution in [-0.4, -0.2) is 53.3 Å². The summed E-state index contributed by atoms with van der Waals surface area (Å²) in [7, 11) is 0. The normalized spacial score (nSPS) is 19.2. The van der Waals surface area contributed by atoms with Gasteiger partial charge >= 0.3 is 0 Å². The van der Waals surface area contributed by atoms with E-state index in [2.05, 4.69) is 44.7 Å². The van der Waals surface area contributed by atoms with E-state index < -0.39 is 0 Å². The first kappa shape index (κ1) is 15.7. The fraction of sp³-hybridized carbons (Fsp3) is 0.412. The number of benzene rings is 1. The predicted molar refractivity (Wildman–Crippen MR) is 87.0 cm³/mol. The average molecular weight is 314 g/mol. The van der Waals surface area contributed by atoms with Crippen molar-refractivity contribution in [2.75, 3.05) is 26.2 Å². The van der Waals surface area contributed by atoms with Gasteiger partial charge in [0.25, 0.3) is 5.91 Å². The Morgan fingerprint density at radius 2 is 2.26 bits per heavy atom. The molecule has 1 aromatic heterocycles. The van der Waals surface area contributed by atoms with E-state index in [0.717, 1.165) is 32.7 Å². The Bertz CT molecular complexity index is 600. The zero-order chi connectivity index (χ0) is 15.9. The van der Waals surface area contributed by atoms with Gasteiger partial charge in [-0.3, -0.25) is 14.8 Å². The van der Waals surface area contributed by atoms with E-state index in [1.165, 1.54) is 11.8 Å². The maximum absolute atomic E-state index is 12.0. The lowest BCUT2D eigenvalue weighted by Gasteiger charge is -2.24. The first-order valence-corrected chi connectivity index (χ1v) is 7.96. The van der Waals surface area contributed by atoms with Crippen LogP contribution in [0.2, 0.25) is 0 Å². The van der Waals surface area contributed by atoms with Gasteiger partial charge in [-0.15, -0.1) is 0 Å². The van der Waals surface area contributed by atoms with Crippen molar-refractivity contribution < 1.29 is 9.53 Å². The van der Waals surface area contributed by atoms with E-state index in [1.807, 2.05) is 6.07 Å². The number of nitrogens with zero attached hydrogens (tertiary/aromatic N) is 2. The van der Waals surface area contributed by atoms with Crippen molar-refractivity contribution in [2.24, 2.45) is 0 Å². The number of amides is 1. The van der Waals surface area contributed by atoms with Crippen LogP contribution in [-0.2, 0) is 11.3 Å². The fourth-order valence-corrected chi connectivity index (χ4v) is 2.76. The topological polar surface area (TPSA) is 70.2 Å². The third-order valence-corrected chi connectivity index (χ3v) is 3.93. The summed E-state index contributed by atoms with van der Waals surface area (Å²) in [5.41, 5.74) is 1.84. The third-order valence-electron chi connectivity index (χ3n) is 3.93. The Labute approximate surface area is 135 Å². The molecule has 1 saturated heterocycles. The summed E-state index contributed by atoms with van der Waals surface area (Å²) in [6, 6.07) is 10.4. The van der Waals surface area contributed by atoms with Gasteiger partial charge in [-0.25, -0.2) is 0 Å². The summed E-state index contributed by atoms with van der Waals surface area (Å²) in [5, 5.41) is 9.35. The first-order valence-electron chi connectivity index (χ1n) is 7.96. The van der Waals surface area contributed by atoms with Crippen molar-refractivity contribution >= 4 is 5.91 Å². The quantitative estimate of drug-likeness (QED) is 0.876. The van der Waals surface area contributed by atoms with Crippen LogP contribution in [0.4, 0.5) is 0 Å². The second-order valence-electron chi connectivity index (χ2n) is 5.76. The zero-order valence-corrected chi connectivity index (χ0v) is 13.1. The van der Waals surface area contributed by atoms with Crippen molar-refractivity contribution in [3.63, 3.8) is 0 Å². The highest BCUT2D eigenvalue weighted by Gasteiger charge is 2.20. The van der Waals surface area contributed by atoms with Crippen LogP contribution in [0.3, 0.4) is 0 Å². The van der Waals surface area contributed by atoms with Crippen LogP contribution < -0.4 is 5.32 Å². The average Bonchev–Trinajstić information content (AvgIpc) is 3.02. The van der Waals surface area contributed by atoms with Crippen LogP contribution in [0.5, 0.6) is 0 Å². The zero-order valence-electron chi connectivity index (χ0n) is 13.1. The van der Waals surface area contributed by atoms with Gasteiger partial charge in [0, 0.05) is 39.0 Å². The van der Waals surface area contributed by atoms with E-state index in [4.69, 9.17) is 4.74 Å². The molecule has 122 valence electrons. The minimum atomic E-state index is -0.124.